The first-order valence-electron chi connectivity index (χ1n) is 12.2. The Balaban J connectivity index is 1.75. The van der Waals surface area contributed by atoms with Crippen molar-refractivity contribution in [1.29, 1.82) is 0 Å². The largest absolute Gasteiger partial charge is 0.329 e. The highest BCUT2D eigenvalue weighted by atomic mass is 16.2. The van der Waals surface area contributed by atoms with Crippen molar-refractivity contribution in [1.82, 2.24) is 19.1 Å². The first-order chi connectivity index (χ1) is 16.5. The normalized spacial score (nSPS) is 12.1. The Morgan fingerprint density at radius 3 is 2.44 bits per heavy atom. The molecule has 2 aromatic heterocycles. The smallest absolute Gasteiger partial charge is 0.303 e. The molecule has 0 aliphatic heterocycles. The second kappa shape index (κ2) is 12.7. The average Bonchev–Trinajstić information content (AvgIpc) is 3.21. The molecule has 0 aliphatic carbocycles. The van der Waals surface area contributed by atoms with Crippen LogP contribution < -0.4 is 16.7 Å². The second-order valence-corrected chi connectivity index (χ2v) is 8.66. The summed E-state index contributed by atoms with van der Waals surface area (Å²) in [6, 6.07) is 9.99. The van der Waals surface area contributed by atoms with Crippen molar-refractivity contribution in [3.63, 3.8) is 0 Å². The summed E-state index contributed by atoms with van der Waals surface area (Å²) in [6.45, 7) is 4.74. The van der Waals surface area contributed by atoms with Crippen LogP contribution in [-0.4, -0.2) is 24.8 Å². The number of H-pyrrole nitrogens is 1. The molecule has 1 aromatic carbocycles. The highest BCUT2D eigenvalue weighted by Crippen LogP contribution is 2.18. The van der Waals surface area contributed by atoms with Crippen molar-refractivity contribution in [3.8, 4) is 0 Å². The number of aromatic nitrogens is 4. The number of allylic oxidation sites excluding steroid dienone is 1. The number of fused-ring (bicyclic) bond motifs is 1. The summed E-state index contributed by atoms with van der Waals surface area (Å²) in [5, 5.41) is 4.43. The number of nitrogens with zero attached hydrogens (tertiary/aromatic N) is 4. The second-order valence-electron chi connectivity index (χ2n) is 8.66. The lowest BCUT2D eigenvalue weighted by Gasteiger charge is -2.08. The van der Waals surface area contributed by atoms with E-state index in [0.717, 1.165) is 24.1 Å². The maximum absolute atomic E-state index is 12.6. The van der Waals surface area contributed by atoms with Gasteiger partial charge in [0.15, 0.2) is 11.2 Å². The zero-order chi connectivity index (χ0) is 24.3. The third kappa shape index (κ3) is 6.79. The fourth-order valence-electron chi connectivity index (χ4n) is 3.90. The molecule has 8 nitrogen and oxygen atoms in total. The van der Waals surface area contributed by atoms with Crippen LogP contribution in [0.4, 0.5) is 5.95 Å². The van der Waals surface area contributed by atoms with Crippen molar-refractivity contribution in [2.45, 2.75) is 71.8 Å². The van der Waals surface area contributed by atoms with E-state index >= 15 is 0 Å². The number of nitrogens with one attached hydrogen (secondary N) is 2. The van der Waals surface area contributed by atoms with E-state index in [1.807, 2.05) is 54.0 Å². The van der Waals surface area contributed by atoms with Crippen molar-refractivity contribution < 1.29 is 0 Å². The molecule has 0 spiro atoms. The lowest BCUT2D eigenvalue weighted by molar-refractivity contribution is 0.549. The predicted molar refractivity (Wildman–Crippen MR) is 140 cm³/mol. The highest BCUT2D eigenvalue weighted by Gasteiger charge is 2.17. The minimum atomic E-state index is -0.480. The molecule has 182 valence electrons. The molecule has 0 radical (unpaired) electrons. The van der Waals surface area contributed by atoms with E-state index in [2.05, 4.69) is 27.4 Å². The Bertz CT molecular complexity index is 1230. The van der Waals surface area contributed by atoms with Gasteiger partial charge in [0, 0.05) is 13.6 Å². The van der Waals surface area contributed by atoms with Gasteiger partial charge in [0.1, 0.15) is 0 Å². The van der Waals surface area contributed by atoms with E-state index < -0.39 is 11.2 Å². The maximum atomic E-state index is 12.6. The first-order valence-corrected chi connectivity index (χ1v) is 12.2. The van der Waals surface area contributed by atoms with Crippen LogP contribution in [-0.2, 0) is 13.6 Å². The molecule has 0 aliphatic rings. The molecule has 0 bridgehead atoms. The maximum Gasteiger partial charge on any atom is 0.329 e. The van der Waals surface area contributed by atoms with Crippen LogP contribution in [0.3, 0.4) is 0 Å². The number of unbranched alkanes of at least 4 members (excludes halogenated alkanes) is 7. The highest BCUT2D eigenvalue weighted by molar-refractivity contribution is 5.96. The number of hydrazone groups is 1. The number of anilines is 1. The van der Waals surface area contributed by atoms with Gasteiger partial charge >= 0.3 is 5.69 Å². The molecule has 0 saturated carbocycles. The Labute approximate surface area is 200 Å². The number of hydrogen-bond donors (Lipinski definition) is 2. The number of rotatable bonds is 13. The molecule has 3 rings (SSSR count). The Kier molecular flexibility index (Phi) is 9.43. The van der Waals surface area contributed by atoms with Gasteiger partial charge in [0.25, 0.3) is 5.56 Å². The van der Waals surface area contributed by atoms with Crippen LogP contribution in [0.1, 0.15) is 70.8 Å². The van der Waals surface area contributed by atoms with E-state index in [9.17, 15) is 9.59 Å². The van der Waals surface area contributed by atoms with Crippen LogP contribution >= 0.6 is 0 Å². The van der Waals surface area contributed by atoms with Gasteiger partial charge < -0.3 is 4.57 Å². The summed E-state index contributed by atoms with van der Waals surface area (Å²) in [5.41, 5.74) is 4.68. The van der Waals surface area contributed by atoms with E-state index in [-0.39, 0.29) is 0 Å². The molecule has 34 heavy (non-hydrogen) atoms. The van der Waals surface area contributed by atoms with Gasteiger partial charge in [-0.3, -0.25) is 14.3 Å². The molecule has 2 N–H and O–H groups in total. The van der Waals surface area contributed by atoms with Crippen LogP contribution in [0.25, 0.3) is 17.2 Å². The van der Waals surface area contributed by atoms with Gasteiger partial charge in [-0.15, -0.1) is 0 Å². The Morgan fingerprint density at radius 2 is 1.74 bits per heavy atom. The van der Waals surface area contributed by atoms with Crippen LogP contribution in [0.5, 0.6) is 0 Å². The minimum absolute atomic E-state index is 0.350. The number of hydrogen-bond acceptors (Lipinski definition) is 5. The summed E-state index contributed by atoms with van der Waals surface area (Å²) < 4.78 is 3.19. The lowest BCUT2D eigenvalue weighted by atomic mass is 10.1. The van der Waals surface area contributed by atoms with Crippen molar-refractivity contribution >= 4 is 28.9 Å². The third-order valence-corrected chi connectivity index (χ3v) is 5.89. The number of aryl methyl sites for hydroxylation is 2. The summed E-state index contributed by atoms with van der Waals surface area (Å²) in [7, 11) is 1.61. The minimum Gasteiger partial charge on any atom is -0.303 e. The van der Waals surface area contributed by atoms with Crippen molar-refractivity contribution in [3.05, 3.63) is 62.8 Å². The summed E-state index contributed by atoms with van der Waals surface area (Å²) in [6.07, 6.45) is 13.5. The molecule has 0 saturated heterocycles. The van der Waals surface area contributed by atoms with Crippen LogP contribution in [0.2, 0.25) is 0 Å². The van der Waals surface area contributed by atoms with Crippen molar-refractivity contribution in [2.75, 3.05) is 5.43 Å². The van der Waals surface area contributed by atoms with E-state index in [0.29, 0.717) is 23.7 Å². The van der Waals surface area contributed by atoms with E-state index in [1.54, 1.807) is 7.05 Å². The van der Waals surface area contributed by atoms with Crippen LogP contribution in [0, 0.1) is 0 Å². The zero-order valence-electron chi connectivity index (χ0n) is 20.5. The van der Waals surface area contributed by atoms with Gasteiger partial charge in [-0.05, 0) is 25.0 Å². The Morgan fingerprint density at radius 1 is 1.06 bits per heavy atom. The van der Waals surface area contributed by atoms with Crippen LogP contribution in [0.15, 0.2) is 51.1 Å². The standard InChI is InChI=1S/C26H36N6O2/c1-4-5-6-7-8-9-10-14-19-32-22-23(31(3)26(34)28-24(22)33)27-25(32)30-29-20(2)17-18-21-15-12-11-13-16-21/h11-13,15-18H,4-10,14,19H2,1-3H3,(H,27,30)(H,28,33,34)/b18-17+,29-20+. The Hall–Kier alpha value is -3.42. The molecule has 0 unspecified atom stereocenters. The van der Waals surface area contributed by atoms with Gasteiger partial charge in [0.05, 0.1) is 5.71 Å². The summed E-state index contributed by atoms with van der Waals surface area (Å²) >= 11 is 0. The van der Waals surface area contributed by atoms with Gasteiger partial charge in [-0.1, -0.05) is 88.3 Å². The molecular weight excluding hydrogens is 428 g/mol. The number of benzene rings is 1. The fourth-order valence-corrected chi connectivity index (χ4v) is 3.90. The monoisotopic (exact) mass is 464 g/mol. The van der Waals surface area contributed by atoms with Gasteiger partial charge in [0.2, 0.25) is 5.95 Å². The van der Waals surface area contributed by atoms with Crippen molar-refractivity contribution in [2.24, 2.45) is 12.1 Å². The lowest BCUT2D eigenvalue weighted by Crippen LogP contribution is -2.29. The SMILES string of the molecule is CCCCCCCCCCn1c(N/N=C(C)/C=C/c2ccccc2)nc2c1c(=O)[nH]c(=O)n2C. The molecule has 0 fully saturated rings. The molecule has 2 heterocycles. The molecule has 8 heteroatoms. The average molecular weight is 465 g/mol. The third-order valence-electron chi connectivity index (χ3n) is 5.89. The quantitative estimate of drug-likeness (QED) is 0.210. The van der Waals surface area contributed by atoms with Gasteiger partial charge in [-0.2, -0.15) is 10.1 Å². The van der Waals surface area contributed by atoms with Gasteiger partial charge in [-0.25, -0.2) is 10.2 Å². The van der Waals surface area contributed by atoms with E-state index in [1.165, 1.54) is 43.1 Å². The molecule has 3 aromatic rings. The van der Waals surface area contributed by atoms with E-state index in [4.69, 9.17) is 0 Å². The summed E-state index contributed by atoms with van der Waals surface area (Å²) in [4.78, 5) is 31.6. The summed E-state index contributed by atoms with van der Waals surface area (Å²) in [5.74, 6) is 0.456. The zero-order valence-corrected chi connectivity index (χ0v) is 20.5. The predicted octanol–water partition coefficient (Wildman–Crippen LogP) is 5.07. The first kappa shape index (κ1) is 25.2. The molecule has 0 atom stereocenters. The number of aromatic amines is 1. The molecular formula is C26H36N6O2. The fraction of sp³-hybridized carbons (Fsp3) is 0.462. The topological polar surface area (TPSA) is 97.1 Å². The molecule has 0 amide bonds. The number of imidazole rings is 1.